The summed E-state index contributed by atoms with van der Waals surface area (Å²) in [6, 6.07) is 12.4. The summed E-state index contributed by atoms with van der Waals surface area (Å²) in [5.41, 5.74) is 3.39. The Hall–Kier alpha value is -2.77. The number of carbonyl (C=O) groups excluding carboxylic acids is 1. The first-order valence-electron chi connectivity index (χ1n) is 11.0. The van der Waals surface area contributed by atoms with Crippen molar-refractivity contribution in [3.63, 3.8) is 0 Å². The van der Waals surface area contributed by atoms with Gasteiger partial charge in [-0.3, -0.25) is 9.69 Å². The molecule has 1 amide bonds. The number of benzene rings is 2. The van der Waals surface area contributed by atoms with Crippen molar-refractivity contribution in [1.29, 1.82) is 0 Å². The molecule has 0 spiro atoms. The van der Waals surface area contributed by atoms with Crippen molar-refractivity contribution in [3.8, 4) is 17.2 Å². The maximum atomic E-state index is 12.7. The number of carbonyl (C=O) groups is 1. The molecule has 0 bridgehead atoms. The summed E-state index contributed by atoms with van der Waals surface area (Å²) in [5.74, 6) is 1.75. The highest BCUT2D eigenvalue weighted by molar-refractivity contribution is 5.76. The Balaban J connectivity index is 1.63. The van der Waals surface area contributed by atoms with Gasteiger partial charge in [-0.25, -0.2) is 0 Å². The highest BCUT2D eigenvalue weighted by Crippen LogP contribution is 2.38. The lowest BCUT2D eigenvalue weighted by Crippen LogP contribution is -2.43. The van der Waals surface area contributed by atoms with Crippen LogP contribution in [0.2, 0.25) is 0 Å². The van der Waals surface area contributed by atoms with Crippen LogP contribution in [0.1, 0.15) is 29.2 Å². The van der Waals surface area contributed by atoms with Crippen LogP contribution < -0.4 is 19.5 Å². The average molecular weight is 443 g/mol. The number of nitrogens with one attached hydrogen (secondary N) is 1. The molecule has 0 radical (unpaired) electrons. The molecule has 1 saturated heterocycles. The molecule has 2 aromatic carbocycles. The van der Waals surface area contributed by atoms with Crippen LogP contribution in [0.15, 0.2) is 36.4 Å². The van der Waals surface area contributed by atoms with Gasteiger partial charge in [0.25, 0.3) is 0 Å². The Morgan fingerprint density at radius 2 is 1.75 bits per heavy atom. The molecule has 2 aromatic rings. The third kappa shape index (κ3) is 6.14. The maximum absolute atomic E-state index is 12.7. The Morgan fingerprint density at radius 3 is 2.34 bits per heavy atom. The SMILES string of the molecule is COc1cc(CCC(=O)NCC(c2cccc(C)c2)N2CCOCC2)cc(OC)c1OC. The molecule has 1 heterocycles. The molecule has 1 atom stereocenters. The number of hydrogen-bond acceptors (Lipinski definition) is 6. The van der Waals surface area contributed by atoms with Crippen LogP contribution in [0.25, 0.3) is 0 Å². The number of aryl methyl sites for hydroxylation is 2. The zero-order valence-corrected chi connectivity index (χ0v) is 19.5. The molecule has 3 rings (SSSR count). The largest absolute Gasteiger partial charge is 0.493 e. The summed E-state index contributed by atoms with van der Waals surface area (Å²) in [4.78, 5) is 15.1. The molecular formula is C25H34N2O5. The molecule has 7 heteroatoms. The van der Waals surface area contributed by atoms with Gasteiger partial charge in [0.2, 0.25) is 11.7 Å². The van der Waals surface area contributed by atoms with Gasteiger partial charge in [0.05, 0.1) is 40.6 Å². The van der Waals surface area contributed by atoms with E-state index in [0.717, 1.165) is 31.9 Å². The molecule has 174 valence electrons. The van der Waals surface area contributed by atoms with E-state index in [1.54, 1.807) is 21.3 Å². The number of hydrogen-bond donors (Lipinski definition) is 1. The predicted molar refractivity (Wildman–Crippen MR) is 124 cm³/mol. The van der Waals surface area contributed by atoms with Crippen LogP contribution in [0.4, 0.5) is 0 Å². The molecule has 1 fully saturated rings. The van der Waals surface area contributed by atoms with Crippen LogP contribution in [0.5, 0.6) is 17.2 Å². The van der Waals surface area contributed by atoms with Crippen LogP contribution in [0.3, 0.4) is 0 Å². The second-order valence-corrected chi connectivity index (χ2v) is 7.92. The zero-order valence-electron chi connectivity index (χ0n) is 19.5. The summed E-state index contributed by atoms with van der Waals surface area (Å²) in [6.45, 7) is 5.82. The van der Waals surface area contributed by atoms with Gasteiger partial charge < -0.3 is 24.3 Å². The van der Waals surface area contributed by atoms with Crippen molar-refractivity contribution >= 4 is 5.91 Å². The topological polar surface area (TPSA) is 69.3 Å². The fraction of sp³-hybridized carbons (Fsp3) is 0.480. The lowest BCUT2D eigenvalue weighted by molar-refractivity contribution is -0.121. The first-order valence-corrected chi connectivity index (χ1v) is 11.0. The van der Waals surface area contributed by atoms with Gasteiger partial charge in [-0.2, -0.15) is 0 Å². The second kappa shape index (κ2) is 11.7. The minimum Gasteiger partial charge on any atom is -0.493 e. The summed E-state index contributed by atoms with van der Waals surface area (Å²) in [6.07, 6.45) is 0.956. The highest BCUT2D eigenvalue weighted by Gasteiger charge is 2.23. The monoisotopic (exact) mass is 442 g/mol. The molecule has 1 aliphatic heterocycles. The Labute approximate surface area is 190 Å². The molecule has 1 aliphatic rings. The van der Waals surface area contributed by atoms with Gasteiger partial charge in [0.15, 0.2) is 11.5 Å². The fourth-order valence-electron chi connectivity index (χ4n) is 4.06. The van der Waals surface area contributed by atoms with Crippen molar-refractivity contribution in [2.75, 3.05) is 54.2 Å². The molecule has 0 saturated carbocycles. The van der Waals surface area contributed by atoms with E-state index in [-0.39, 0.29) is 11.9 Å². The van der Waals surface area contributed by atoms with Gasteiger partial charge in [-0.15, -0.1) is 0 Å². The van der Waals surface area contributed by atoms with Gasteiger partial charge in [0.1, 0.15) is 0 Å². The Bertz CT molecular complexity index is 871. The van der Waals surface area contributed by atoms with Crippen LogP contribution in [-0.4, -0.2) is 65.0 Å². The third-order valence-electron chi connectivity index (χ3n) is 5.77. The average Bonchev–Trinajstić information content (AvgIpc) is 2.82. The van der Waals surface area contributed by atoms with Crippen molar-refractivity contribution in [1.82, 2.24) is 10.2 Å². The minimum atomic E-state index is 0.0182. The number of rotatable bonds is 10. The summed E-state index contributed by atoms with van der Waals surface area (Å²) in [7, 11) is 4.75. The quantitative estimate of drug-likeness (QED) is 0.610. The summed E-state index contributed by atoms with van der Waals surface area (Å²) >= 11 is 0. The first kappa shape index (κ1) is 23.9. The van der Waals surface area contributed by atoms with Crippen molar-refractivity contribution < 1.29 is 23.7 Å². The van der Waals surface area contributed by atoms with Gasteiger partial charge >= 0.3 is 0 Å². The lowest BCUT2D eigenvalue weighted by Gasteiger charge is -2.35. The predicted octanol–water partition coefficient (Wildman–Crippen LogP) is 3.14. The fourth-order valence-corrected chi connectivity index (χ4v) is 4.06. The minimum absolute atomic E-state index is 0.0182. The van der Waals surface area contributed by atoms with E-state index >= 15 is 0 Å². The van der Waals surface area contributed by atoms with Crippen molar-refractivity contribution in [2.24, 2.45) is 0 Å². The summed E-state index contributed by atoms with van der Waals surface area (Å²) < 4.78 is 21.7. The molecule has 32 heavy (non-hydrogen) atoms. The smallest absolute Gasteiger partial charge is 0.220 e. The zero-order chi connectivity index (χ0) is 22.9. The molecule has 0 aliphatic carbocycles. The molecule has 0 aromatic heterocycles. The Morgan fingerprint density at radius 1 is 1.06 bits per heavy atom. The van der Waals surface area contributed by atoms with E-state index in [2.05, 4.69) is 41.4 Å². The normalized spacial score (nSPS) is 15.1. The van der Waals surface area contributed by atoms with Crippen molar-refractivity contribution in [3.05, 3.63) is 53.1 Å². The number of methoxy groups -OCH3 is 3. The van der Waals surface area contributed by atoms with Crippen LogP contribution >= 0.6 is 0 Å². The first-order chi connectivity index (χ1) is 15.5. The summed E-state index contributed by atoms with van der Waals surface area (Å²) in [5, 5.41) is 3.14. The second-order valence-electron chi connectivity index (χ2n) is 7.92. The molecule has 7 nitrogen and oxygen atoms in total. The standard InChI is InChI=1S/C25H34N2O5/c1-18-6-5-7-20(14-18)21(27-10-12-32-13-11-27)17-26-24(28)9-8-19-15-22(29-2)25(31-4)23(16-19)30-3/h5-7,14-16,21H,8-13,17H2,1-4H3,(H,26,28). The number of amides is 1. The number of nitrogens with zero attached hydrogens (tertiary/aromatic N) is 1. The third-order valence-corrected chi connectivity index (χ3v) is 5.77. The van der Waals surface area contributed by atoms with E-state index in [4.69, 9.17) is 18.9 Å². The number of ether oxygens (including phenoxy) is 4. The molecular weight excluding hydrogens is 408 g/mol. The van der Waals surface area contributed by atoms with E-state index in [1.807, 2.05) is 12.1 Å². The van der Waals surface area contributed by atoms with Gasteiger partial charge in [0, 0.05) is 26.1 Å². The lowest BCUT2D eigenvalue weighted by atomic mass is 10.0. The van der Waals surface area contributed by atoms with Crippen LogP contribution in [-0.2, 0) is 16.0 Å². The molecule has 1 N–H and O–H groups in total. The molecule has 1 unspecified atom stereocenters. The maximum Gasteiger partial charge on any atom is 0.220 e. The van der Waals surface area contributed by atoms with E-state index in [1.165, 1.54) is 11.1 Å². The van der Waals surface area contributed by atoms with Gasteiger partial charge in [-0.1, -0.05) is 29.8 Å². The highest BCUT2D eigenvalue weighted by atomic mass is 16.5. The van der Waals surface area contributed by atoms with Gasteiger partial charge in [-0.05, 0) is 36.6 Å². The van der Waals surface area contributed by atoms with E-state index < -0.39 is 0 Å². The van der Waals surface area contributed by atoms with E-state index in [0.29, 0.717) is 36.6 Å². The Kier molecular flexibility index (Phi) is 8.76. The number of morpholine rings is 1. The van der Waals surface area contributed by atoms with Crippen molar-refractivity contribution in [2.45, 2.75) is 25.8 Å². The van der Waals surface area contributed by atoms with Crippen LogP contribution in [0, 0.1) is 6.92 Å². The van der Waals surface area contributed by atoms with E-state index in [9.17, 15) is 4.79 Å².